The van der Waals surface area contributed by atoms with Gasteiger partial charge < -0.3 is 20.5 Å². The summed E-state index contributed by atoms with van der Waals surface area (Å²) in [6.07, 6.45) is -4.70. The van der Waals surface area contributed by atoms with Gasteiger partial charge >= 0.3 is 6.36 Å². The fourth-order valence-electron chi connectivity index (χ4n) is 2.22. The zero-order chi connectivity index (χ0) is 19.0. The van der Waals surface area contributed by atoms with Crippen LogP contribution in [0, 0.1) is 0 Å². The molecule has 0 aliphatic carbocycles. The Hall–Kier alpha value is -2.01. The average molecular weight is 495 g/mol. The van der Waals surface area contributed by atoms with E-state index in [4.69, 9.17) is 10.5 Å². The van der Waals surface area contributed by atoms with Gasteiger partial charge in [0.1, 0.15) is 5.75 Å². The quantitative estimate of drug-likeness (QED) is 0.347. The zero-order valence-electron chi connectivity index (χ0n) is 14.6. The number of methoxy groups -OCH3 is 1. The Bertz CT molecular complexity index is 737. The molecule has 0 unspecified atom stereocenters. The summed E-state index contributed by atoms with van der Waals surface area (Å²) in [6, 6.07) is 13.4. The molecule has 0 heterocycles. The smallest absolute Gasteiger partial charge is 0.406 e. The number of benzene rings is 2. The van der Waals surface area contributed by atoms with Gasteiger partial charge in [-0.1, -0.05) is 36.4 Å². The molecule has 9 heteroatoms. The standard InChI is InChI=1S/C18H20F3N3O2.HI/c1-25-12-15-4-2-3-14(9-15)11-24-17(22)23-10-13-5-7-16(8-6-13)26-18(19,20)21;/h2-9H,10-12H2,1H3,(H3,22,23,24);1H. The number of hydrogen-bond donors (Lipinski definition) is 2. The largest absolute Gasteiger partial charge is 0.573 e. The summed E-state index contributed by atoms with van der Waals surface area (Å²) >= 11 is 0. The first-order valence-corrected chi connectivity index (χ1v) is 7.81. The van der Waals surface area contributed by atoms with Crippen molar-refractivity contribution >= 4 is 29.9 Å². The van der Waals surface area contributed by atoms with Crippen LogP contribution in [0.1, 0.15) is 16.7 Å². The number of rotatable bonds is 7. The number of guanidine groups is 1. The van der Waals surface area contributed by atoms with E-state index in [1.807, 2.05) is 24.3 Å². The molecule has 2 rings (SSSR count). The first-order valence-electron chi connectivity index (χ1n) is 7.81. The van der Waals surface area contributed by atoms with Crippen LogP contribution >= 0.6 is 24.0 Å². The highest BCUT2D eigenvalue weighted by Gasteiger charge is 2.30. The molecule has 0 saturated carbocycles. The number of aliphatic imine (C=N–C) groups is 1. The van der Waals surface area contributed by atoms with E-state index in [1.165, 1.54) is 24.3 Å². The van der Waals surface area contributed by atoms with E-state index < -0.39 is 6.36 Å². The molecular weight excluding hydrogens is 474 g/mol. The molecule has 0 aliphatic heterocycles. The highest BCUT2D eigenvalue weighted by Crippen LogP contribution is 2.22. The van der Waals surface area contributed by atoms with Crippen LogP contribution in [0.3, 0.4) is 0 Å². The van der Waals surface area contributed by atoms with Gasteiger partial charge in [0.15, 0.2) is 5.96 Å². The molecule has 0 radical (unpaired) electrons. The Labute approximate surface area is 172 Å². The Morgan fingerprint density at radius 1 is 1.07 bits per heavy atom. The van der Waals surface area contributed by atoms with Crippen molar-refractivity contribution in [1.29, 1.82) is 0 Å². The lowest BCUT2D eigenvalue weighted by Gasteiger charge is -2.10. The minimum absolute atomic E-state index is 0. The Kier molecular flexibility index (Phi) is 9.36. The molecule has 2 aromatic carbocycles. The molecule has 0 aromatic heterocycles. The zero-order valence-corrected chi connectivity index (χ0v) is 17.0. The van der Waals surface area contributed by atoms with Gasteiger partial charge in [0, 0.05) is 13.7 Å². The van der Waals surface area contributed by atoms with Crippen molar-refractivity contribution in [3.05, 3.63) is 65.2 Å². The van der Waals surface area contributed by atoms with Gasteiger partial charge in [-0.05, 0) is 28.8 Å². The summed E-state index contributed by atoms with van der Waals surface area (Å²) in [6.45, 7) is 1.28. The summed E-state index contributed by atoms with van der Waals surface area (Å²) in [5.74, 6) is -0.0170. The summed E-state index contributed by atoms with van der Waals surface area (Å²) in [5.41, 5.74) is 8.62. The number of nitrogens with two attached hydrogens (primary N) is 1. The second-order valence-corrected chi connectivity index (χ2v) is 5.50. The number of ether oxygens (including phenoxy) is 2. The number of halogens is 4. The number of nitrogens with one attached hydrogen (secondary N) is 1. The van der Waals surface area contributed by atoms with Crippen LogP contribution in [-0.4, -0.2) is 19.4 Å². The Morgan fingerprint density at radius 3 is 2.37 bits per heavy atom. The third-order valence-corrected chi connectivity index (χ3v) is 3.36. The lowest BCUT2D eigenvalue weighted by molar-refractivity contribution is -0.274. The molecule has 0 amide bonds. The fourth-order valence-corrected chi connectivity index (χ4v) is 2.22. The molecule has 0 fully saturated rings. The third-order valence-electron chi connectivity index (χ3n) is 3.36. The van der Waals surface area contributed by atoms with Crippen molar-refractivity contribution in [2.75, 3.05) is 7.11 Å². The van der Waals surface area contributed by atoms with E-state index in [2.05, 4.69) is 15.0 Å². The second-order valence-electron chi connectivity index (χ2n) is 5.50. The molecule has 0 saturated heterocycles. The summed E-state index contributed by atoms with van der Waals surface area (Å²) < 4.78 is 45.2. The maximum atomic E-state index is 12.1. The SMILES string of the molecule is COCc1cccc(CN=C(N)NCc2ccc(OC(F)(F)F)cc2)c1.I. The van der Waals surface area contributed by atoms with Crippen molar-refractivity contribution in [2.24, 2.45) is 10.7 Å². The predicted molar refractivity (Wildman–Crippen MR) is 108 cm³/mol. The van der Waals surface area contributed by atoms with E-state index in [9.17, 15) is 13.2 Å². The number of alkyl halides is 3. The maximum absolute atomic E-state index is 12.1. The van der Waals surface area contributed by atoms with Gasteiger partial charge in [0.25, 0.3) is 0 Å². The van der Waals surface area contributed by atoms with Crippen LogP contribution in [0.2, 0.25) is 0 Å². The van der Waals surface area contributed by atoms with Crippen molar-refractivity contribution < 1.29 is 22.6 Å². The molecular formula is C18H21F3IN3O2. The predicted octanol–water partition coefficient (Wildman–Crippen LogP) is 3.95. The van der Waals surface area contributed by atoms with Crippen molar-refractivity contribution in [2.45, 2.75) is 26.1 Å². The first-order chi connectivity index (χ1) is 12.4. The van der Waals surface area contributed by atoms with Gasteiger partial charge in [-0.15, -0.1) is 37.1 Å². The van der Waals surface area contributed by atoms with Crippen molar-refractivity contribution in [3.63, 3.8) is 0 Å². The molecule has 148 valence electrons. The van der Waals surface area contributed by atoms with Gasteiger partial charge in [-0.25, -0.2) is 4.99 Å². The minimum atomic E-state index is -4.70. The van der Waals surface area contributed by atoms with E-state index in [-0.39, 0.29) is 35.7 Å². The average Bonchev–Trinajstić information content (AvgIpc) is 2.59. The Morgan fingerprint density at radius 2 is 1.74 bits per heavy atom. The molecule has 2 aromatic rings. The monoisotopic (exact) mass is 495 g/mol. The van der Waals surface area contributed by atoms with Gasteiger partial charge in [0.05, 0.1) is 13.2 Å². The van der Waals surface area contributed by atoms with Crippen molar-refractivity contribution in [3.8, 4) is 5.75 Å². The fraction of sp³-hybridized carbons (Fsp3) is 0.278. The van der Waals surface area contributed by atoms with E-state index >= 15 is 0 Å². The lowest BCUT2D eigenvalue weighted by atomic mass is 10.1. The Balaban J connectivity index is 0.00000364. The lowest BCUT2D eigenvalue weighted by Crippen LogP contribution is -2.31. The van der Waals surface area contributed by atoms with Gasteiger partial charge in [-0.3, -0.25) is 0 Å². The molecule has 27 heavy (non-hydrogen) atoms. The molecule has 0 bridgehead atoms. The van der Waals surface area contributed by atoms with E-state index in [0.717, 1.165) is 16.7 Å². The van der Waals surface area contributed by atoms with E-state index in [1.54, 1.807) is 7.11 Å². The molecule has 5 nitrogen and oxygen atoms in total. The highest BCUT2D eigenvalue weighted by molar-refractivity contribution is 14.0. The molecule has 0 atom stereocenters. The number of nitrogens with zero attached hydrogens (tertiary/aromatic N) is 1. The van der Waals surface area contributed by atoms with Crippen LogP contribution in [-0.2, 0) is 24.4 Å². The summed E-state index contributed by atoms with van der Waals surface area (Å²) in [4.78, 5) is 4.25. The van der Waals surface area contributed by atoms with Crippen LogP contribution in [0.15, 0.2) is 53.5 Å². The van der Waals surface area contributed by atoms with Crippen molar-refractivity contribution in [1.82, 2.24) is 5.32 Å². The van der Waals surface area contributed by atoms with Crippen LogP contribution in [0.4, 0.5) is 13.2 Å². The topological polar surface area (TPSA) is 68.9 Å². The highest BCUT2D eigenvalue weighted by atomic mass is 127. The van der Waals surface area contributed by atoms with E-state index in [0.29, 0.717) is 19.7 Å². The van der Waals surface area contributed by atoms with Crippen LogP contribution in [0.25, 0.3) is 0 Å². The second kappa shape index (κ2) is 11.0. The van der Waals surface area contributed by atoms with Crippen LogP contribution in [0.5, 0.6) is 5.75 Å². The molecule has 3 N–H and O–H groups in total. The summed E-state index contributed by atoms with van der Waals surface area (Å²) in [5, 5.41) is 2.92. The third kappa shape index (κ3) is 8.96. The first kappa shape index (κ1) is 23.0. The van der Waals surface area contributed by atoms with Crippen LogP contribution < -0.4 is 15.8 Å². The van der Waals surface area contributed by atoms with Gasteiger partial charge in [0.2, 0.25) is 0 Å². The number of hydrogen-bond acceptors (Lipinski definition) is 3. The molecule has 0 aliphatic rings. The minimum Gasteiger partial charge on any atom is -0.406 e. The summed E-state index contributed by atoms with van der Waals surface area (Å²) in [7, 11) is 1.63. The maximum Gasteiger partial charge on any atom is 0.573 e. The normalized spacial score (nSPS) is 11.6. The molecule has 0 spiro atoms. The van der Waals surface area contributed by atoms with Gasteiger partial charge in [-0.2, -0.15) is 0 Å².